The molecule has 2 aliphatic heterocycles. The van der Waals surface area contributed by atoms with Crippen LogP contribution in [0.3, 0.4) is 0 Å². The summed E-state index contributed by atoms with van der Waals surface area (Å²) >= 11 is 0. The molecule has 1 aromatic carbocycles. The van der Waals surface area contributed by atoms with Gasteiger partial charge in [0.1, 0.15) is 0 Å². The third kappa shape index (κ3) is 4.27. The molecule has 8 nitrogen and oxygen atoms in total. The second-order valence-electron chi connectivity index (χ2n) is 8.71. The highest BCUT2D eigenvalue weighted by Crippen LogP contribution is 2.38. The van der Waals surface area contributed by atoms with Crippen LogP contribution in [0.5, 0.6) is 0 Å². The highest BCUT2D eigenvalue weighted by molar-refractivity contribution is 5.91. The minimum atomic E-state index is -0.217. The van der Waals surface area contributed by atoms with Crippen molar-refractivity contribution in [2.45, 2.75) is 50.4 Å². The second kappa shape index (κ2) is 8.78. The molecule has 2 aromatic heterocycles. The number of para-hydroxylation sites is 2. The molecule has 1 unspecified atom stereocenters. The van der Waals surface area contributed by atoms with E-state index in [1.165, 1.54) is 6.26 Å². The lowest BCUT2D eigenvalue weighted by Gasteiger charge is -2.39. The van der Waals surface area contributed by atoms with Gasteiger partial charge in [-0.15, -0.1) is 0 Å². The van der Waals surface area contributed by atoms with E-state index in [2.05, 4.69) is 10.3 Å². The predicted molar refractivity (Wildman–Crippen MR) is 118 cm³/mol. The Labute approximate surface area is 186 Å². The van der Waals surface area contributed by atoms with Crippen LogP contribution in [0.2, 0.25) is 0 Å². The number of nitrogens with zero attached hydrogens (tertiary/aromatic N) is 3. The zero-order valence-electron chi connectivity index (χ0n) is 18.0. The number of carbonyl (C=O) groups is 2. The minimum absolute atomic E-state index is 0.00526. The van der Waals surface area contributed by atoms with Gasteiger partial charge in [-0.25, -0.2) is 4.98 Å². The molecule has 0 aliphatic carbocycles. The van der Waals surface area contributed by atoms with Crippen LogP contribution >= 0.6 is 0 Å². The number of rotatable bonds is 6. The van der Waals surface area contributed by atoms with Crippen LogP contribution in [-0.2, 0) is 16.1 Å². The van der Waals surface area contributed by atoms with Crippen molar-refractivity contribution >= 4 is 22.8 Å². The zero-order valence-corrected chi connectivity index (χ0v) is 18.0. The van der Waals surface area contributed by atoms with Gasteiger partial charge in [0.2, 0.25) is 5.91 Å². The summed E-state index contributed by atoms with van der Waals surface area (Å²) in [4.78, 5) is 31.2. The summed E-state index contributed by atoms with van der Waals surface area (Å²) in [6.45, 7) is 2.54. The third-order valence-corrected chi connectivity index (χ3v) is 6.70. The Morgan fingerprint density at radius 1 is 1.12 bits per heavy atom. The molecule has 2 aliphatic rings. The van der Waals surface area contributed by atoms with Gasteiger partial charge in [0.25, 0.3) is 5.91 Å². The van der Waals surface area contributed by atoms with E-state index in [0.29, 0.717) is 25.3 Å². The fraction of sp³-hybridized carbons (Fsp3) is 0.458. The Morgan fingerprint density at radius 3 is 2.78 bits per heavy atom. The monoisotopic (exact) mass is 436 g/mol. The maximum atomic E-state index is 12.8. The molecule has 2 fully saturated rings. The van der Waals surface area contributed by atoms with Crippen LogP contribution in [0.4, 0.5) is 0 Å². The van der Waals surface area contributed by atoms with Gasteiger partial charge < -0.3 is 23.9 Å². The smallest absolute Gasteiger partial charge is 0.287 e. The van der Waals surface area contributed by atoms with Crippen molar-refractivity contribution in [3.05, 3.63) is 54.7 Å². The highest BCUT2D eigenvalue weighted by atomic mass is 16.5. The van der Waals surface area contributed by atoms with Gasteiger partial charge in [-0.05, 0) is 49.9 Å². The molecule has 168 valence electrons. The van der Waals surface area contributed by atoms with Gasteiger partial charge in [0.05, 0.1) is 35.3 Å². The lowest BCUT2D eigenvalue weighted by molar-refractivity contribution is -0.137. The third-order valence-electron chi connectivity index (χ3n) is 6.70. The number of nitrogens with one attached hydrogen (secondary N) is 1. The number of ether oxygens (including phenoxy) is 1. The van der Waals surface area contributed by atoms with Crippen molar-refractivity contribution in [2.24, 2.45) is 0 Å². The first-order chi connectivity index (χ1) is 15.6. The molecule has 0 saturated carbocycles. The summed E-state index contributed by atoms with van der Waals surface area (Å²) < 4.78 is 13.5. The van der Waals surface area contributed by atoms with Gasteiger partial charge in [0.15, 0.2) is 5.76 Å². The first-order valence-electron chi connectivity index (χ1n) is 11.3. The van der Waals surface area contributed by atoms with E-state index in [0.717, 1.165) is 49.8 Å². The number of fused-ring (bicyclic) bond motifs is 1. The van der Waals surface area contributed by atoms with Crippen LogP contribution in [0, 0.1) is 0 Å². The Kier molecular flexibility index (Phi) is 5.70. The topological polar surface area (TPSA) is 89.6 Å². The van der Waals surface area contributed by atoms with Crippen LogP contribution in [0.25, 0.3) is 11.0 Å². The van der Waals surface area contributed by atoms with Crippen LogP contribution in [-0.4, -0.2) is 57.6 Å². The van der Waals surface area contributed by atoms with E-state index in [1.807, 2.05) is 33.7 Å². The van der Waals surface area contributed by atoms with Crippen molar-refractivity contribution in [3.8, 4) is 0 Å². The van der Waals surface area contributed by atoms with E-state index in [4.69, 9.17) is 9.15 Å². The van der Waals surface area contributed by atoms with Gasteiger partial charge in [-0.3, -0.25) is 9.59 Å². The number of aromatic nitrogens is 2. The minimum Gasteiger partial charge on any atom is -0.459 e. The molecule has 1 atom stereocenters. The number of amides is 2. The highest BCUT2D eigenvalue weighted by Gasteiger charge is 2.43. The fourth-order valence-electron chi connectivity index (χ4n) is 4.83. The molecule has 2 saturated heterocycles. The Hall–Kier alpha value is -3.13. The molecule has 4 heterocycles. The average Bonchev–Trinajstić information content (AvgIpc) is 3.57. The first kappa shape index (κ1) is 20.8. The van der Waals surface area contributed by atoms with Gasteiger partial charge in [-0.1, -0.05) is 12.1 Å². The second-order valence-corrected chi connectivity index (χ2v) is 8.71. The molecule has 5 rings (SSSR count). The van der Waals surface area contributed by atoms with Crippen LogP contribution in [0.1, 0.15) is 42.7 Å². The number of hydrogen-bond donors (Lipinski definition) is 1. The largest absolute Gasteiger partial charge is 0.459 e. The number of likely N-dealkylation sites (tertiary alicyclic amines) is 1. The number of hydrogen-bond acceptors (Lipinski definition) is 5. The fourth-order valence-corrected chi connectivity index (χ4v) is 4.83. The molecular weight excluding hydrogens is 408 g/mol. The number of aryl methyl sites for hydroxylation is 1. The lowest BCUT2D eigenvalue weighted by Crippen LogP contribution is -2.47. The van der Waals surface area contributed by atoms with Crippen LogP contribution in [0.15, 0.2) is 53.4 Å². The molecular formula is C24H28N4O4. The van der Waals surface area contributed by atoms with E-state index in [1.54, 1.807) is 18.5 Å². The van der Waals surface area contributed by atoms with Gasteiger partial charge >= 0.3 is 0 Å². The van der Waals surface area contributed by atoms with Gasteiger partial charge in [0, 0.05) is 32.6 Å². The number of benzene rings is 1. The number of carbonyl (C=O) groups excluding carboxylic acids is 2. The first-order valence-corrected chi connectivity index (χ1v) is 11.3. The maximum absolute atomic E-state index is 12.8. The molecule has 1 N–H and O–H groups in total. The summed E-state index contributed by atoms with van der Waals surface area (Å²) in [5.74, 6) is 0.275. The number of piperidine rings is 1. The Balaban J connectivity index is 1.08. The molecule has 0 radical (unpaired) electrons. The predicted octanol–water partition coefficient (Wildman–Crippen LogP) is 2.99. The molecule has 0 bridgehead atoms. The standard InChI is InChI=1S/C24H28N4O4/c29-22(8-12-28-17-26-19-4-1-2-5-20(19)28)27-13-10-24(11-14-27)9-7-18(32-24)16-25-23(30)21-6-3-15-31-21/h1-6,15,17-18H,7-14,16H2,(H,25,30). The Morgan fingerprint density at radius 2 is 1.97 bits per heavy atom. The van der Waals surface area contributed by atoms with E-state index >= 15 is 0 Å². The lowest BCUT2D eigenvalue weighted by atomic mass is 9.88. The zero-order chi connectivity index (χ0) is 22.0. The van der Waals surface area contributed by atoms with Crippen molar-refractivity contribution in [1.29, 1.82) is 0 Å². The Bertz CT molecular complexity index is 1080. The normalized spacial score (nSPS) is 20.1. The molecule has 8 heteroatoms. The summed E-state index contributed by atoms with van der Waals surface area (Å²) in [6, 6.07) is 11.3. The van der Waals surface area contributed by atoms with Crippen molar-refractivity contribution < 1.29 is 18.7 Å². The molecule has 1 spiro atoms. The van der Waals surface area contributed by atoms with Crippen molar-refractivity contribution in [1.82, 2.24) is 19.8 Å². The van der Waals surface area contributed by atoms with E-state index < -0.39 is 0 Å². The number of imidazole rings is 1. The summed E-state index contributed by atoms with van der Waals surface area (Å²) in [5, 5.41) is 2.89. The molecule has 2 amide bonds. The number of furan rings is 1. The quantitative estimate of drug-likeness (QED) is 0.642. The van der Waals surface area contributed by atoms with E-state index in [-0.39, 0.29) is 23.5 Å². The average molecular weight is 437 g/mol. The summed E-state index contributed by atoms with van der Waals surface area (Å²) in [7, 11) is 0. The van der Waals surface area contributed by atoms with Gasteiger partial charge in [-0.2, -0.15) is 0 Å². The van der Waals surface area contributed by atoms with Crippen LogP contribution < -0.4 is 5.32 Å². The molecule has 3 aromatic rings. The SMILES string of the molecule is O=C(NCC1CCC2(CCN(C(=O)CCn3cnc4ccccc43)CC2)O1)c1ccco1. The molecule has 32 heavy (non-hydrogen) atoms. The summed E-state index contributed by atoms with van der Waals surface area (Å²) in [6.07, 6.45) is 7.34. The summed E-state index contributed by atoms with van der Waals surface area (Å²) in [5.41, 5.74) is 1.84. The van der Waals surface area contributed by atoms with Crippen molar-refractivity contribution in [3.63, 3.8) is 0 Å². The van der Waals surface area contributed by atoms with E-state index in [9.17, 15) is 9.59 Å². The van der Waals surface area contributed by atoms with Crippen molar-refractivity contribution in [2.75, 3.05) is 19.6 Å². The maximum Gasteiger partial charge on any atom is 0.287 e.